The van der Waals surface area contributed by atoms with E-state index in [0.717, 1.165) is 25.7 Å². The molecule has 0 spiro atoms. The molecular formula is C23H28Cl2N2O2. The van der Waals surface area contributed by atoms with Crippen molar-refractivity contribution in [1.29, 1.82) is 0 Å². The number of aromatic nitrogens is 1. The molecule has 1 aromatic heterocycles. The normalized spacial score (nSPS) is 18.7. The molecule has 0 saturated heterocycles. The molecule has 1 amide bonds. The van der Waals surface area contributed by atoms with E-state index in [9.17, 15) is 4.79 Å². The number of halogens is 2. The van der Waals surface area contributed by atoms with E-state index >= 15 is 0 Å². The molecule has 2 aromatic rings. The zero-order valence-corrected chi connectivity index (χ0v) is 18.4. The van der Waals surface area contributed by atoms with Gasteiger partial charge in [0.1, 0.15) is 17.0 Å². The fourth-order valence-corrected chi connectivity index (χ4v) is 5.57. The van der Waals surface area contributed by atoms with Gasteiger partial charge in [0.05, 0.1) is 10.0 Å². The van der Waals surface area contributed by atoms with Crippen LogP contribution < -0.4 is 0 Å². The average Bonchev–Trinajstić information content (AvgIpc) is 3.11. The molecule has 156 valence electrons. The minimum Gasteiger partial charge on any atom is -0.360 e. The first-order chi connectivity index (χ1) is 14.1. The van der Waals surface area contributed by atoms with Crippen molar-refractivity contribution in [2.75, 3.05) is 0 Å². The van der Waals surface area contributed by atoms with E-state index in [1.807, 2.05) is 0 Å². The summed E-state index contributed by atoms with van der Waals surface area (Å²) >= 11 is 12.9. The van der Waals surface area contributed by atoms with Crippen LogP contribution in [0.4, 0.5) is 0 Å². The third-order valence-corrected chi connectivity index (χ3v) is 7.08. The molecule has 2 aliphatic carbocycles. The Labute approximate surface area is 182 Å². The molecule has 6 heteroatoms. The van der Waals surface area contributed by atoms with Crippen molar-refractivity contribution in [1.82, 2.24) is 10.1 Å². The summed E-state index contributed by atoms with van der Waals surface area (Å²) in [6.07, 6.45) is 11.6. The highest BCUT2D eigenvalue weighted by Crippen LogP contribution is 2.39. The lowest BCUT2D eigenvalue weighted by Gasteiger charge is -2.41. The Hall–Kier alpha value is -1.52. The van der Waals surface area contributed by atoms with Gasteiger partial charge in [-0.3, -0.25) is 4.79 Å². The predicted molar refractivity (Wildman–Crippen MR) is 117 cm³/mol. The Balaban J connectivity index is 1.75. The third-order valence-electron chi connectivity index (χ3n) is 6.45. The van der Waals surface area contributed by atoms with Crippen molar-refractivity contribution in [2.45, 2.75) is 83.2 Å². The number of nitrogens with zero attached hydrogens (tertiary/aromatic N) is 2. The van der Waals surface area contributed by atoms with Gasteiger partial charge in [-0.05, 0) is 44.7 Å². The highest BCUT2D eigenvalue weighted by Gasteiger charge is 2.36. The van der Waals surface area contributed by atoms with E-state index in [1.165, 1.54) is 38.5 Å². The first-order valence-electron chi connectivity index (χ1n) is 10.8. The van der Waals surface area contributed by atoms with E-state index in [-0.39, 0.29) is 5.91 Å². The molecule has 0 N–H and O–H groups in total. The van der Waals surface area contributed by atoms with Crippen LogP contribution in [0.5, 0.6) is 0 Å². The molecule has 2 fully saturated rings. The number of benzene rings is 1. The van der Waals surface area contributed by atoms with Gasteiger partial charge in [0.2, 0.25) is 0 Å². The number of carbonyl (C=O) groups is 1. The van der Waals surface area contributed by atoms with Gasteiger partial charge < -0.3 is 9.42 Å². The van der Waals surface area contributed by atoms with E-state index in [2.05, 4.69) is 10.1 Å². The van der Waals surface area contributed by atoms with Gasteiger partial charge in [0.25, 0.3) is 5.91 Å². The standard InChI is InChI=1S/C23H28Cl2N2O2/c1-15-20(22(26-29-15)21-18(24)13-8-14-19(21)25)23(28)27(16-9-4-2-5-10-16)17-11-6-3-7-12-17/h8,13-14,16-17H,2-7,9-12H2,1H3. The van der Waals surface area contributed by atoms with E-state index < -0.39 is 0 Å². The number of amides is 1. The quantitative estimate of drug-likeness (QED) is 0.516. The first kappa shape index (κ1) is 20.7. The zero-order valence-electron chi connectivity index (χ0n) is 16.9. The lowest BCUT2D eigenvalue weighted by molar-refractivity contribution is 0.0447. The molecule has 2 saturated carbocycles. The van der Waals surface area contributed by atoms with Gasteiger partial charge in [-0.25, -0.2) is 0 Å². The van der Waals surface area contributed by atoms with Gasteiger partial charge in [-0.1, -0.05) is 72.9 Å². The number of hydrogen-bond acceptors (Lipinski definition) is 3. The van der Waals surface area contributed by atoms with Gasteiger partial charge >= 0.3 is 0 Å². The fraction of sp³-hybridized carbons (Fsp3) is 0.565. The SMILES string of the molecule is Cc1onc(-c2c(Cl)cccc2Cl)c1C(=O)N(C1CCCCC1)C1CCCCC1. The molecule has 0 radical (unpaired) electrons. The zero-order chi connectivity index (χ0) is 20.4. The monoisotopic (exact) mass is 434 g/mol. The molecule has 29 heavy (non-hydrogen) atoms. The maximum absolute atomic E-state index is 14.0. The topological polar surface area (TPSA) is 46.3 Å². The number of rotatable bonds is 4. The summed E-state index contributed by atoms with van der Waals surface area (Å²) in [4.78, 5) is 16.2. The maximum atomic E-state index is 14.0. The van der Waals surface area contributed by atoms with Crippen LogP contribution in [0.3, 0.4) is 0 Å². The van der Waals surface area contributed by atoms with Crippen molar-refractivity contribution < 1.29 is 9.32 Å². The van der Waals surface area contributed by atoms with Crippen LogP contribution in [0.2, 0.25) is 10.0 Å². The third kappa shape index (κ3) is 4.20. The van der Waals surface area contributed by atoms with Crippen molar-refractivity contribution in [3.8, 4) is 11.3 Å². The molecule has 0 atom stereocenters. The van der Waals surface area contributed by atoms with Crippen LogP contribution >= 0.6 is 23.2 Å². The molecule has 0 bridgehead atoms. The Morgan fingerprint density at radius 1 is 0.966 bits per heavy atom. The molecule has 0 unspecified atom stereocenters. The predicted octanol–water partition coefficient (Wildman–Crippen LogP) is 7.06. The minimum absolute atomic E-state index is 0.0218. The van der Waals surface area contributed by atoms with Crippen LogP contribution in [0.1, 0.15) is 80.3 Å². The first-order valence-corrected chi connectivity index (χ1v) is 11.6. The molecular weight excluding hydrogens is 407 g/mol. The lowest BCUT2D eigenvalue weighted by atomic mass is 9.87. The van der Waals surface area contributed by atoms with Crippen molar-refractivity contribution in [3.05, 3.63) is 39.6 Å². The van der Waals surface area contributed by atoms with Crippen molar-refractivity contribution in [2.24, 2.45) is 0 Å². The smallest absolute Gasteiger partial charge is 0.260 e. The second-order valence-corrected chi connectivity index (χ2v) is 9.17. The van der Waals surface area contributed by atoms with Crippen LogP contribution in [-0.4, -0.2) is 28.0 Å². The summed E-state index contributed by atoms with van der Waals surface area (Å²) in [5.74, 6) is 0.547. The second kappa shape index (κ2) is 9.09. The second-order valence-electron chi connectivity index (χ2n) is 8.36. The molecule has 0 aliphatic heterocycles. The number of carbonyl (C=O) groups excluding carboxylic acids is 1. The summed E-state index contributed by atoms with van der Waals surface area (Å²) in [6, 6.07) is 5.91. The number of aryl methyl sites for hydroxylation is 1. The van der Waals surface area contributed by atoms with Crippen LogP contribution in [-0.2, 0) is 0 Å². The maximum Gasteiger partial charge on any atom is 0.260 e. The van der Waals surface area contributed by atoms with Crippen molar-refractivity contribution in [3.63, 3.8) is 0 Å². The van der Waals surface area contributed by atoms with Gasteiger partial charge in [-0.2, -0.15) is 0 Å². The molecule has 1 aromatic carbocycles. The summed E-state index contributed by atoms with van der Waals surface area (Å²) in [5, 5.41) is 5.16. The molecule has 1 heterocycles. The molecule has 4 rings (SSSR count). The van der Waals surface area contributed by atoms with E-state index in [0.29, 0.717) is 44.7 Å². The van der Waals surface area contributed by atoms with Crippen molar-refractivity contribution >= 4 is 29.1 Å². The van der Waals surface area contributed by atoms with E-state index in [4.69, 9.17) is 27.7 Å². The lowest BCUT2D eigenvalue weighted by Crippen LogP contribution is -2.49. The largest absolute Gasteiger partial charge is 0.360 e. The van der Waals surface area contributed by atoms with Crippen LogP contribution in [0.25, 0.3) is 11.3 Å². The molecule has 4 nitrogen and oxygen atoms in total. The number of hydrogen-bond donors (Lipinski definition) is 0. The summed E-state index contributed by atoms with van der Waals surface area (Å²) in [6.45, 7) is 1.80. The highest BCUT2D eigenvalue weighted by atomic mass is 35.5. The van der Waals surface area contributed by atoms with Crippen LogP contribution in [0.15, 0.2) is 22.7 Å². The van der Waals surface area contributed by atoms with Gasteiger partial charge in [-0.15, -0.1) is 0 Å². The molecule has 2 aliphatic rings. The summed E-state index contributed by atoms with van der Waals surface area (Å²) in [5.41, 5.74) is 1.54. The highest BCUT2D eigenvalue weighted by molar-refractivity contribution is 6.39. The fourth-order valence-electron chi connectivity index (χ4n) is 5.00. The average molecular weight is 435 g/mol. The Kier molecular flexibility index (Phi) is 6.50. The minimum atomic E-state index is 0.0218. The summed E-state index contributed by atoms with van der Waals surface area (Å²) < 4.78 is 5.49. The van der Waals surface area contributed by atoms with Gasteiger partial charge in [0.15, 0.2) is 0 Å². The Bertz CT molecular complexity index is 830. The van der Waals surface area contributed by atoms with E-state index in [1.54, 1.807) is 25.1 Å². The Morgan fingerprint density at radius 2 is 1.48 bits per heavy atom. The van der Waals surface area contributed by atoms with Crippen LogP contribution in [0, 0.1) is 6.92 Å². The Morgan fingerprint density at radius 3 is 2.00 bits per heavy atom. The van der Waals surface area contributed by atoms with Gasteiger partial charge in [0, 0.05) is 17.6 Å². The summed E-state index contributed by atoms with van der Waals surface area (Å²) in [7, 11) is 0.